The number of aromatic nitrogens is 3. The molecule has 0 fully saturated rings. The molecule has 0 spiro atoms. The van der Waals surface area contributed by atoms with E-state index >= 15 is 0 Å². The fourth-order valence-corrected chi connectivity index (χ4v) is 1.59. The first-order valence-electron chi connectivity index (χ1n) is 5.59. The maximum atomic E-state index is 12.6. The minimum atomic E-state index is -0.315. The first kappa shape index (κ1) is 11.6. The molecule has 1 N–H and O–H groups in total. The lowest BCUT2D eigenvalue weighted by Crippen LogP contribution is -2.08. The van der Waals surface area contributed by atoms with Crippen molar-refractivity contribution < 1.29 is 4.39 Å². The van der Waals surface area contributed by atoms with Gasteiger partial charge in [-0.2, -0.15) is 0 Å². The zero-order chi connectivity index (χ0) is 12.1. The molecule has 2 aromatic heterocycles. The highest BCUT2D eigenvalue weighted by molar-refractivity contribution is 5.33. The van der Waals surface area contributed by atoms with Gasteiger partial charge in [0.05, 0.1) is 6.20 Å². The van der Waals surface area contributed by atoms with Crippen LogP contribution in [0.15, 0.2) is 30.7 Å². The van der Waals surface area contributed by atoms with Crippen LogP contribution in [0.1, 0.15) is 12.2 Å². The van der Waals surface area contributed by atoms with Crippen molar-refractivity contribution in [1.82, 2.24) is 14.5 Å². The van der Waals surface area contributed by atoms with Crippen molar-refractivity contribution in [2.24, 2.45) is 0 Å². The number of pyridine rings is 1. The molecule has 2 heterocycles. The van der Waals surface area contributed by atoms with E-state index in [1.165, 1.54) is 12.3 Å². The lowest BCUT2D eigenvalue weighted by atomic mass is 10.4. The van der Waals surface area contributed by atoms with Crippen molar-refractivity contribution in [2.45, 2.75) is 19.9 Å². The monoisotopic (exact) mass is 234 g/mol. The third kappa shape index (κ3) is 3.27. The topological polar surface area (TPSA) is 42.7 Å². The van der Waals surface area contributed by atoms with Gasteiger partial charge in [-0.25, -0.2) is 14.4 Å². The first-order valence-corrected chi connectivity index (χ1v) is 5.59. The highest BCUT2D eigenvalue weighted by Crippen LogP contribution is 2.04. The van der Waals surface area contributed by atoms with E-state index in [9.17, 15) is 4.39 Å². The van der Waals surface area contributed by atoms with Gasteiger partial charge in [0, 0.05) is 25.5 Å². The number of anilines is 1. The summed E-state index contributed by atoms with van der Waals surface area (Å²) in [7, 11) is 0. The van der Waals surface area contributed by atoms with Gasteiger partial charge < -0.3 is 9.88 Å². The molecular formula is C12H15FN4. The van der Waals surface area contributed by atoms with Crippen LogP contribution in [0.25, 0.3) is 0 Å². The normalized spacial score (nSPS) is 10.5. The summed E-state index contributed by atoms with van der Waals surface area (Å²) in [6, 6.07) is 3.03. The molecule has 5 heteroatoms. The highest BCUT2D eigenvalue weighted by Gasteiger charge is 1.97. The van der Waals surface area contributed by atoms with Gasteiger partial charge in [-0.1, -0.05) is 0 Å². The molecule has 0 bridgehead atoms. The van der Waals surface area contributed by atoms with E-state index in [4.69, 9.17) is 0 Å². The van der Waals surface area contributed by atoms with Crippen molar-refractivity contribution in [3.8, 4) is 0 Å². The van der Waals surface area contributed by atoms with Crippen LogP contribution >= 0.6 is 0 Å². The minimum Gasteiger partial charge on any atom is -0.370 e. The number of nitrogens with zero attached hydrogens (tertiary/aromatic N) is 3. The lowest BCUT2D eigenvalue weighted by molar-refractivity contribution is 0.620. The Labute approximate surface area is 99.5 Å². The number of imidazole rings is 1. The summed E-state index contributed by atoms with van der Waals surface area (Å²) >= 11 is 0. The zero-order valence-electron chi connectivity index (χ0n) is 9.73. The second kappa shape index (κ2) is 5.43. The number of rotatable bonds is 5. The number of halogens is 1. The summed E-state index contributed by atoms with van der Waals surface area (Å²) in [4.78, 5) is 8.08. The van der Waals surface area contributed by atoms with Crippen molar-refractivity contribution in [3.63, 3.8) is 0 Å². The third-order valence-corrected chi connectivity index (χ3v) is 2.53. The second-order valence-electron chi connectivity index (χ2n) is 3.81. The maximum absolute atomic E-state index is 12.6. The van der Waals surface area contributed by atoms with Gasteiger partial charge >= 0.3 is 0 Å². The SMILES string of the molecule is Cc1nccn1CCCNc1ccc(F)cn1. The molecular weight excluding hydrogens is 219 g/mol. The van der Waals surface area contributed by atoms with Crippen LogP contribution in [0.5, 0.6) is 0 Å². The van der Waals surface area contributed by atoms with E-state index in [-0.39, 0.29) is 5.82 Å². The fourth-order valence-electron chi connectivity index (χ4n) is 1.59. The number of nitrogens with one attached hydrogen (secondary N) is 1. The standard InChI is InChI=1S/C12H15FN4/c1-10-14-6-8-17(10)7-2-5-15-12-4-3-11(13)9-16-12/h3-4,6,8-9H,2,5,7H2,1H3,(H,15,16). The molecule has 4 nitrogen and oxygen atoms in total. The minimum absolute atomic E-state index is 0.315. The molecule has 2 aromatic rings. The van der Waals surface area contributed by atoms with Crippen molar-refractivity contribution in [2.75, 3.05) is 11.9 Å². The van der Waals surface area contributed by atoms with Gasteiger partial charge in [0.1, 0.15) is 17.5 Å². The molecule has 0 aliphatic rings. The van der Waals surface area contributed by atoms with Crippen LogP contribution in [-0.2, 0) is 6.54 Å². The van der Waals surface area contributed by atoms with Gasteiger partial charge in [0.2, 0.25) is 0 Å². The molecule has 17 heavy (non-hydrogen) atoms. The molecule has 0 saturated heterocycles. The van der Waals surface area contributed by atoms with Crippen LogP contribution in [0, 0.1) is 12.7 Å². The van der Waals surface area contributed by atoms with Crippen LogP contribution in [0.3, 0.4) is 0 Å². The Balaban J connectivity index is 1.73. The number of aryl methyl sites for hydroxylation is 2. The molecule has 0 atom stereocenters. The zero-order valence-corrected chi connectivity index (χ0v) is 9.73. The van der Waals surface area contributed by atoms with Crippen LogP contribution in [0.2, 0.25) is 0 Å². The summed E-state index contributed by atoms with van der Waals surface area (Å²) in [5.41, 5.74) is 0. The molecule has 0 unspecified atom stereocenters. The summed E-state index contributed by atoms with van der Waals surface area (Å²) in [5, 5.41) is 3.14. The van der Waals surface area contributed by atoms with E-state index in [1.807, 2.05) is 13.1 Å². The fraction of sp³-hybridized carbons (Fsp3) is 0.333. The summed E-state index contributed by atoms with van der Waals surface area (Å²) in [6.45, 7) is 3.70. The van der Waals surface area contributed by atoms with Crippen LogP contribution in [0.4, 0.5) is 10.2 Å². The van der Waals surface area contributed by atoms with Crippen molar-refractivity contribution in [1.29, 1.82) is 0 Å². The Bertz CT molecular complexity index is 464. The van der Waals surface area contributed by atoms with Gasteiger partial charge in [-0.3, -0.25) is 0 Å². The highest BCUT2D eigenvalue weighted by atomic mass is 19.1. The molecule has 0 aliphatic carbocycles. The Kier molecular flexibility index (Phi) is 3.69. The average Bonchev–Trinajstić information content (AvgIpc) is 2.73. The Morgan fingerprint density at radius 2 is 2.24 bits per heavy atom. The average molecular weight is 234 g/mol. The van der Waals surface area contributed by atoms with E-state index in [0.29, 0.717) is 5.82 Å². The largest absolute Gasteiger partial charge is 0.370 e. The predicted molar refractivity (Wildman–Crippen MR) is 64.3 cm³/mol. The summed E-state index contributed by atoms with van der Waals surface area (Å²) < 4.78 is 14.7. The molecule has 0 saturated carbocycles. The first-order chi connectivity index (χ1) is 8.25. The Morgan fingerprint density at radius 3 is 2.88 bits per heavy atom. The van der Waals surface area contributed by atoms with E-state index in [2.05, 4.69) is 19.9 Å². The lowest BCUT2D eigenvalue weighted by Gasteiger charge is -2.07. The maximum Gasteiger partial charge on any atom is 0.141 e. The molecule has 0 aliphatic heterocycles. The summed E-state index contributed by atoms with van der Waals surface area (Å²) in [6.07, 6.45) is 5.94. The molecule has 0 aromatic carbocycles. The summed E-state index contributed by atoms with van der Waals surface area (Å²) in [5.74, 6) is 1.41. The molecule has 0 amide bonds. The molecule has 0 radical (unpaired) electrons. The Hall–Kier alpha value is -1.91. The quantitative estimate of drug-likeness (QED) is 0.807. The third-order valence-electron chi connectivity index (χ3n) is 2.53. The van der Waals surface area contributed by atoms with Gasteiger partial charge in [0.15, 0.2) is 0 Å². The van der Waals surface area contributed by atoms with E-state index in [0.717, 1.165) is 25.3 Å². The van der Waals surface area contributed by atoms with E-state index in [1.54, 1.807) is 12.3 Å². The van der Waals surface area contributed by atoms with Crippen molar-refractivity contribution >= 4 is 5.82 Å². The van der Waals surface area contributed by atoms with Gasteiger partial charge in [-0.15, -0.1) is 0 Å². The van der Waals surface area contributed by atoms with Gasteiger partial charge in [0.25, 0.3) is 0 Å². The smallest absolute Gasteiger partial charge is 0.141 e. The van der Waals surface area contributed by atoms with Crippen molar-refractivity contribution in [3.05, 3.63) is 42.4 Å². The molecule has 2 rings (SSSR count). The van der Waals surface area contributed by atoms with Crippen LogP contribution in [-0.4, -0.2) is 21.1 Å². The predicted octanol–water partition coefficient (Wildman–Crippen LogP) is 2.23. The number of hydrogen-bond donors (Lipinski definition) is 1. The molecule has 90 valence electrons. The van der Waals surface area contributed by atoms with Crippen LogP contribution < -0.4 is 5.32 Å². The van der Waals surface area contributed by atoms with E-state index < -0.39 is 0 Å². The van der Waals surface area contributed by atoms with Gasteiger partial charge in [-0.05, 0) is 25.5 Å². The second-order valence-corrected chi connectivity index (χ2v) is 3.81. The Morgan fingerprint density at radius 1 is 1.35 bits per heavy atom. The number of hydrogen-bond acceptors (Lipinski definition) is 3.